The molecule has 3 nitrogen and oxygen atoms in total. The highest BCUT2D eigenvalue weighted by Crippen LogP contribution is 2.32. The Bertz CT molecular complexity index is 310. The molecule has 2 rings (SSSR count). The van der Waals surface area contributed by atoms with Crippen LogP contribution in [0.15, 0.2) is 18.5 Å². The third-order valence-corrected chi connectivity index (χ3v) is 3.72. The molecule has 1 saturated carbocycles. The first-order valence-electron chi connectivity index (χ1n) is 6.22. The second kappa shape index (κ2) is 5.02. The van der Waals surface area contributed by atoms with Crippen LogP contribution in [0.3, 0.4) is 0 Å². The molecule has 0 bridgehead atoms. The quantitative estimate of drug-likeness (QED) is 0.730. The standard InChI is InChI=1S/C13H22N2O/c1-11-3-2-5-13(7-11,10-16)15-9-12-4-6-14-8-12/h4,6,8,11,14-16H,2-3,5,7,9-10H2,1H3. The summed E-state index contributed by atoms with van der Waals surface area (Å²) in [6, 6.07) is 2.07. The predicted octanol–water partition coefficient (Wildman–Crippen LogP) is 2.05. The molecule has 1 aliphatic rings. The van der Waals surface area contributed by atoms with E-state index in [0.29, 0.717) is 0 Å². The molecule has 1 aromatic rings. The van der Waals surface area contributed by atoms with E-state index in [1.54, 1.807) is 0 Å². The summed E-state index contributed by atoms with van der Waals surface area (Å²) in [6.07, 6.45) is 8.65. The fraction of sp³-hybridized carbons (Fsp3) is 0.692. The fourth-order valence-corrected chi connectivity index (χ4v) is 2.78. The number of hydrogen-bond acceptors (Lipinski definition) is 2. The van der Waals surface area contributed by atoms with Crippen molar-refractivity contribution in [1.29, 1.82) is 0 Å². The average Bonchev–Trinajstić information content (AvgIpc) is 2.79. The van der Waals surface area contributed by atoms with E-state index >= 15 is 0 Å². The molecule has 1 heterocycles. The van der Waals surface area contributed by atoms with Crippen molar-refractivity contribution in [2.45, 2.75) is 44.7 Å². The summed E-state index contributed by atoms with van der Waals surface area (Å²) < 4.78 is 0. The largest absolute Gasteiger partial charge is 0.394 e. The van der Waals surface area contributed by atoms with E-state index in [0.717, 1.165) is 25.3 Å². The zero-order valence-electron chi connectivity index (χ0n) is 10.00. The zero-order chi connectivity index (χ0) is 11.4. The van der Waals surface area contributed by atoms with Crippen molar-refractivity contribution >= 4 is 0 Å². The summed E-state index contributed by atoms with van der Waals surface area (Å²) in [4.78, 5) is 3.05. The van der Waals surface area contributed by atoms with Gasteiger partial charge in [0.1, 0.15) is 0 Å². The van der Waals surface area contributed by atoms with Gasteiger partial charge in [-0.1, -0.05) is 19.8 Å². The third kappa shape index (κ3) is 2.66. The molecule has 2 unspecified atom stereocenters. The van der Waals surface area contributed by atoms with Crippen molar-refractivity contribution in [2.75, 3.05) is 6.61 Å². The van der Waals surface area contributed by atoms with Crippen LogP contribution in [0, 0.1) is 5.92 Å². The highest BCUT2D eigenvalue weighted by atomic mass is 16.3. The second-order valence-electron chi connectivity index (χ2n) is 5.21. The van der Waals surface area contributed by atoms with Gasteiger partial charge in [-0.05, 0) is 30.4 Å². The molecule has 0 aromatic carbocycles. The molecule has 1 fully saturated rings. The van der Waals surface area contributed by atoms with Gasteiger partial charge in [-0.15, -0.1) is 0 Å². The van der Waals surface area contributed by atoms with Gasteiger partial charge in [0, 0.05) is 24.5 Å². The highest BCUT2D eigenvalue weighted by molar-refractivity contribution is 5.09. The Balaban J connectivity index is 1.93. The molecular weight excluding hydrogens is 200 g/mol. The molecule has 2 atom stereocenters. The SMILES string of the molecule is CC1CCCC(CO)(NCc2cc[nH]c2)C1. The Hall–Kier alpha value is -0.800. The first-order valence-corrected chi connectivity index (χ1v) is 6.22. The molecule has 0 saturated heterocycles. The lowest BCUT2D eigenvalue weighted by Gasteiger charge is -2.39. The van der Waals surface area contributed by atoms with Crippen LogP contribution in [0.1, 0.15) is 38.2 Å². The van der Waals surface area contributed by atoms with Crippen LogP contribution in [0.5, 0.6) is 0 Å². The third-order valence-electron chi connectivity index (χ3n) is 3.72. The molecule has 1 aliphatic carbocycles. The molecule has 3 heteroatoms. The number of H-pyrrole nitrogens is 1. The van der Waals surface area contributed by atoms with Crippen molar-refractivity contribution in [1.82, 2.24) is 10.3 Å². The molecular formula is C13H22N2O. The monoisotopic (exact) mass is 222 g/mol. The Morgan fingerprint density at radius 1 is 1.62 bits per heavy atom. The van der Waals surface area contributed by atoms with E-state index in [1.807, 2.05) is 12.4 Å². The number of nitrogens with one attached hydrogen (secondary N) is 2. The number of aromatic nitrogens is 1. The minimum atomic E-state index is -0.0467. The number of aliphatic hydroxyl groups is 1. The summed E-state index contributed by atoms with van der Waals surface area (Å²) in [5.74, 6) is 0.722. The van der Waals surface area contributed by atoms with Crippen molar-refractivity contribution in [3.63, 3.8) is 0 Å². The van der Waals surface area contributed by atoms with Gasteiger partial charge in [-0.3, -0.25) is 0 Å². The smallest absolute Gasteiger partial charge is 0.0613 e. The number of rotatable bonds is 4. The first-order chi connectivity index (χ1) is 7.74. The van der Waals surface area contributed by atoms with E-state index in [-0.39, 0.29) is 12.1 Å². The normalized spacial score (nSPS) is 30.5. The zero-order valence-corrected chi connectivity index (χ0v) is 10.00. The molecule has 1 aromatic heterocycles. The van der Waals surface area contributed by atoms with E-state index in [2.05, 4.69) is 23.3 Å². The van der Waals surface area contributed by atoms with Gasteiger partial charge in [-0.25, -0.2) is 0 Å². The van der Waals surface area contributed by atoms with Crippen molar-refractivity contribution in [3.8, 4) is 0 Å². The first kappa shape index (κ1) is 11.7. The van der Waals surface area contributed by atoms with E-state index in [9.17, 15) is 5.11 Å². The average molecular weight is 222 g/mol. The predicted molar refractivity (Wildman–Crippen MR) is 65.1 cm³/mol. The number of hydrogen-bond donors (Lipinski definition) is 3. The fourth-order valence-electron chi connectivity index (χ4n) is 2.78. The Morgan fingerprint density at radius 3 is 3.12 bits per heavy atom. The molecule has 3 N–H and O–H groups in total. The summed E-state index contributed by atoms with van der Waals surface area (Å²) in [6.45, 7) is 3.38. The summed E-state index contributed by atoms with van der Waals surface area (Å²) in [7, 11) is 0. The Kier molecular flexibility index (Phi) is 3.66. The van der Waals surface area contributed by atoms with Gasteiger partial charge < -0.3 is 15.4 Å². The van der Waals surface area contributed by atoms with Crippen molar-refractivity contribution < 1.29 is 5.11 Å². The van der Waals surface area contributed by atoms with Crippen molar-refractivity contribution in [3.05, 3.63) is 24.0 Å². The van der Waals surface area contributed by atoms with Crippen LogP contribution in [0.25, 0.3) is 0 Å². The minimum Gasteiger partial charge on any atom is -0.394 e. The molecule has 0 aliphatic heterocycles. The van der Waals surface area contributed by atoms with Gasteiger partial charge in [0.05, 0.1) is 6.61 Å². The van der Waals surface area contributed by atoms with Crippen LogP contribution in [-0.4, -0.2) is 22.2 Å². The van der Waals surface area contributed by atoms with Gasteiger partial charge >= 0.3 is 0 Å². The van der Waals surface area contributed by atoms with Crippen LogP contribution in [0.4, 0.5) is 0 Å². The van der Waals surface area contributed by atoms with Crippen LogP contribution >= 0.6 is 0 Å². The van der Waals surface area contributed by atoms with E-state index < -0.39 is 0 Å². The molecule has 0 spiro atoms. The number of aliphatic hydroxyl groups excluding tert-OH is 1. The topological polar surface area (TPSA) is 48.0 Å². The van der Waals surface area contributed by atoms with Gasteiger partial charge in [0.15, 0.2) is 0 Å². The van der Waals surface area contributed by atoms with Gasteiger partial charge in [0.2, 0.25) is 0 Å². The maximum Gasteiger partial charge on any atom is 0.0613 e. The molecule has 0 radical (unpaired) electrons. The molecule has 0 amide bonds. The summed E-state index contributed by atoms with van der Waals surface area (Å²) >= 11 is 0. The van der Waals surface area contributed by atoms with Gasteiger partial charge in [0.25, 0.3) is 0 Å². The molecule has 90 valence electrons. The van der Waals surface area contributed by atoms with E-state index in [4.69, 9.17) is 0 Å². The maximum atomic E-state index is 9.62. The Morgan fingerprint density at radius 2 is 2.50 bits per heavy atom. The minimum absolute atomic E-state index is 0.0467. The number of aromatic amines is 1. The molecule has 16 heavy (non-hydrogen) atoms. The van der Waals surface area contributed by atoms with Crippen LogP contribution in [0.2, 0.25) is 0 Å². The van der Waals surface area contributed by atoms with Crippen LogP contribution < -0.4 is 5.32 Å². The van der Waals surface area contributed by atoms with Gasteiger partial charge in [-0.2, -0.15) is 0 Å². The maximum absolute atomic E-state index is 9.62. The lowest BCUT2D eigenvalue weighted by Crippen LogP contribution is -2.51. The Labute approximate surface area is 97.3 Å². The van der Waals surface area contributed by atoms with Crippen molar-refractivity contribution in [2.24, 2.45) is 5.92 Å². The lowest BCUT2D eigenvalue weighted by molar-refractivity contribution is 0.0982. The summed E-state index contributed by atoms with van der Waals surface area (Å²) in [5.41, 5.74) is 1.21. The lowest BCUT2D eigenvalue weighted by atomic mass is 9.77. The highest BCUT2D eigenvalue weighted by Gasteiger charge is 2.33. The second-order valence-corrected chi connectivity index (χ2v) is 5.21. The summed E-state index contributed by atoms with van der Waals surface area (Å²) in [5, 5.41) is 13.2. The van der Waals surface area contributed by atoms with Crippen LogP contribution in [-0.2, 0) is 6.54 Å². The van der Waals surface area contributed by atoms with E-state index in [1.165, 1.54) is 18.4 Å².